The van der Waals surface area contributed by atoms with Gasteiger partial charge in [0.1, 0.15) is 6.54 Å². The van der Waals surface area contributed by atoms with Crippen LogP contribution in [-0.4, -0.2) is 33.8 Å². The van der Waals surface area contributed by atoms with Crippen LogP contribution in [0.5, 0.6) is 0 Å². The number of hydrogen-bond acceptors (Lipinski definition) is 4. The summed E-state index contributed by atoms with van der Waals surface area (Å²) in [4.78, 5) is 16.1. The third-order valence-electron chi connectivity index (χ3n) is 3.97. The number of carbonyl (C=O) groups is 1. The number of carbonyl (C=O) groups excluding carboxylic acids is 1. The maximum Gasteiger partial charge on any atom is 0.242 e. The average molecular weight is 299 g/mol. The molecule has 0 spiro atoms. The Morgan fingerprint density at radius 2 is 2.36 bits per heavy atom. The lowest BCUT2D eigenvalue weighted by atomic mass is 9.96. The average Bonchev–Trinajstić information content (AvgIpc) is 3.03. The molecule has 2 N–H and O–H groups in total. The van der Waals surface area contributed by atoms with E-state index in [1.54, 1.807) is 18.6 Å². The molecule has 1 aliphatic heterocycles. The quantitative estimate of drug-likeness (QED) is 0.866. The monoisotopic (exact) mass is 299 g/mol. The fourth-order valence-electron chi connectivity index (χ4n) is 2.82. The Bertz CT molecular complexity index is 604. The Kier molecular flexibility index (Phi) is 4.80. The predicted molar refractivity (Wildman–Crippen MR) is 83.2 cm³/mol. The van der Waals surface area contributed by atoms with Gasteiger partial charge in [-0.1, -0.05) is 6.07 Å². The first-order valence-corrected chi connectivity index (χ1v) is 7.71. The topological polar surface area (TPSA) is 71.8 Å². The van der Waals surface area contributed by atoms with Gasteiger partial charge in [0, 0.05) is 43.3 Å². The van der Waals surface area contributed by atoms with Crippen LogP contribution in [0, 0.1) is 0 Å². The number of rotatable bonds is 5. The van der Waals surface area contributed by atoms with Gasteiger partial charge in [0.2, 0.25) is 5.91 Å². The van der Waals surface area contributed by atoms with Crippen LogP contribution in [0.25, 0.3) is 0 Å². The molecule has 3 heterocycles. The highest BCUT2D eigenvalue weighted by Crippen LogP contribution is 2.22. The standard InChI is InChI=1S/C16H21N5O/c22-16(19-10-13-3-1-6-17-9-13)12-21-15(5-8-20-21)14-4-2-7-18-11-14/h1,3,5-6,8-9,14,18H,2,4,7,10-12H2,(H,19,22)/t14-/m0/s1. The molecule has 0 bridgehead atoms. The van der Waals surface area contributed by atoms with Gasteiger partial charge in [-0.3, -0.25) is 14.5 Å². The SMILES string of the molecule is O=C(Cn1nccc1[C@H]1CCCNC1)NCc1cccnc1. The summed E-state index contributed by atoms with van der Waals surface area (Å²) in [6, 6.07) is 5.83. The fourth-order valence-corrected chi connectivity index (χ4v) is 2.82. The fraction of sp³-hybridized carbons (Fsp3) is 0.438. The number of nitrogens with one attached hydrogen (secondary N) is 2. The largest absolute Gasteiger partial charge is 0.350 e. The number of amides is 1. The summed E-state index contributed by atoms with van der Waals surface area (Å²) in [5.41, 5.74) is 2.14. The van der Waals surface area contributed by atoms with Crippen LogP contribution in [0.2, 0.25) is 0 Å². The van der Waals surface area contributed by atoms with Crippen LogP contribution in [0.3, 0.4) is 0 Å². The molecule has 1 atom stereocenters. The Morgan fingerprint density at radius 3 is 3.14 bits per heavy atom. The predicted octanol–water partition coefficient (Wildman–Crippen LogP) is 1.06. The lowest BCUT2D eigenvalue weighted by Gasteiger charge is -2.23. The molecule has 1 amide bonds. The van der Waals surface area contributed by atoms with E-state index in [2.05, 4.69) is 20.7 Å². The second kappa shape index (κ2) is 7.17. The minimum absolute atomic E-state index is 0.0300. The first kappa shape index (κ1) is 14.7. The van der Waals surface area contributed by atoms with E-state index in [1.807, 2.05) is 22.9 Å². The molecule has 6 heteroatoms. The van der Waals surface area contributed by atoms with Crippen LogP contribution in [0.4, 0.5) is 0 Å². The lowest BCUT2D eigenvalue weighted by Crippen LogP contribution is -2.32. The van der Waals surface area contributed by atoms with Crippen LogP contribution in [0.15, 0.2) is 36.8 Å². The summed E-state index contributed by atoms with van der Waals surface area (Å²) >= 11 is 0. The zero-order valence-corrected chi connectivity index (χ0v) is 12.5. The van der Waals surface area contributed by atoms with Crippen molar-refractivity contribution in [3.05, 3.63) is 48.0 Å². The third kappa shape index (κ3) is 3.71. The zero-order chi connectivity index (χ0) is 15.2. The van der Waals surface area contributed by atoms with Gasteiger partial charge in [0.15, 0.2) is 0 Å². The smallest absolute Gasteiger partial charge is 0.242 e. The molecule has 0 aromatic carbocycles. The van der Waals surface area contributed by atoms with E-state index in [0.717, 1.165) is 30.8 Å². The van der Waals surface area contributed by atoms with Crippen LogP contribution in [-0.2, 0) is 17.9 Å². The van der Waals surface area contributed by atoms with Gasteiger partial charge in [-0.15, -0.1) is 0 Å². The van der Waals surface area contributed by atoms with Crippen LogP contribution in [0.1, 0.15) is 30.0 Å². The van der Waals surface area contributed by atoms with Gasteiger partial charge < -0.3 is 10.6 Å². The van der Waals surface area contributed by atoms with Gasteiger partial charge in [-0.2, -0.15) is 5.10 Å². The van der Waals surface area contributed by atoms with E-state index in [4.69, 9.17) is 0 Å². The first-order valence-electron chi connectivity index (χ1n) is 7.71. The molecular weight excluding hydrogens is 278 g/mol. The Hall–Kier alpha value is -2.21. The molecular formula is C16H21N5O. The van der Waals surface area contributed by atoms with Crippen molar-refractivity contribution in [1.29, 1.82) is 0 Å². The van der Waals surface area contributed by atoms with E-state index < -0.39 is 0 Å². The van der Waals surface area contributed by atoms with Gasteiger partial charge in [-0.25, -0.2) is 0 Å². The third-order valence-corrected chi connectivity index (χ3v) is 3.97. The molecule has 3 rings (SSSR count). The molecule has 1 saturated heterocycles. The maximum atomic E-state index is 12.1. The molecule has 116 valence electrons. The molecule has 1 fully saturated rings. The number of hydrogen-bond donors (Lipinski definition) is 2. The second-order valence-corrected chi connectivity index (χ2v) is 5.60. The Morgan fingerprint density at radius 1 is 1.41 bits per heavy atom. The first-order chi connectivity index (χ1) is 10.8. The number of pyridine rings is 1. The van der Waals surface area contributed by atoms with Crippen molar-refractivity contribution in [1.82, 2.24) is 25.4 Å². The molecule has 2 aromatic heterocycles. The van der Waals surface area contributed by atoms with Gasteiger partial charge >= 0.3 is 0 Å². The van der Waals surface area contributed by atoms with Crippen molar-refractivity contribution in [2.24, 2.45) is 0 Å². The second-order valence-electron chi connectivity index (χ2n) is 5.60. The zero-order valence-electron chi connectivity index (χ0n) is 12.5. The van der Waals surface area contributed by atoms with Crippen molar-refractivity contribution in [2.45, 2.75) is 31.8 Å². The van der Waals surface area contributed by atoms with Crippen molar-refractivity contribution in [3.63, 3.8) is 0 Å². The number of nitrogens with zero attached hydrogens (tertiary/aromatic N) is 3. The van der Waals surface area contributed by atoms with E-state index in [1.165, 1.54) is 6.42 Å². The summed E-state index contributed by atoms with van der Waals surface area (Å²) in [5.74, 6) is 0.417. The lowest BCUT2D eigenvalue weighted by molar-refractivity contribution is -0.122. The number of aromatic nitrogens is 3. The summed E-state index contributed by atoms with van der Waals surface area (Å²) in [5, 5.41) is 10.6. The molecule has 22 heavy (non-hydrogen) atoms. The molecule has 1 aliphatic rings. The summed E-state index contributed by atoms with van der Waals surface area (Å²) in [6.45, 7) is 2.80. The van der Waals surface area contributed by atoms with E-state index in [9.17, 15) is 4.79 Å². The number of piperidine rings is 1. The van der Waals surface area contributed by atoms with Crippen LogP contribution < -0.4 is 10.6 Å². The highest BCUT2D eigenvalue weighted by Gasteiger charge is 2.19. The molecule has 0 unspecified atom stereocenters. The van der Waals surface area contributed by atoms with Crippen molar-refractivity contribution in [3.8, 4) is 0 Å². The van der Waals surface area contributed by atoms with Crippen molar-refractivity contribution in [2.75, 3.05) is 13.1 Å². The van der Waals surface area contributed by atoms with Gasteiger partial charge in [0.05, 0.1) is 0 Å². The highest BCUT2D eigenvalue weighted by atomic mass is 16.2. The Labute approximate surface area is 129 Å². The molecule has 0 aliphatic carbocycles. The van der Waals surface area contributed by atoms with Crippen molar-refractivity contribution < 1.29 is 4.79 Å². The molecule has 0 radical (unpaired) electrons. The maximum absolute atomic E-state index is 12.1. The molecule has 2 aromatic rings. The Balaban J connectivity index is 1.56. The minimum atomic E-state index is -0.0300. The van der Waals surface area contributed by atoms with Gasteiger partial charge in [-0.05, 0) is 37.1 Å². The summed E-state index contributed by atoms with van der Waals surface area (Å²) in [6.07, 6.45) is 7.57. The normalized spacial score (nSPS) is 18.1. The van der Waals surface area contributed by atoms with E-state index in [0.29, 0.717) is 12.5 Å². The summed E-state index contributed by atoms with van der Waals surface area (Å²) < 4.78 is 1.82. The van der Waals surface area contributed by atoms with Crippen molar-refractivity contribution >= 4 is 5.91 Å². The van der Waals surface area contributed by atoms with Crippen LogP contribution >= 0.6 is 0 Å². The summed E-state index contributed by atoms with van der Waals surface area (Å²) in [7, 11) is 0. The highest BCUT2D eigenvalue weighted by molar-refractivity contribution is 5.75. The molecule has 6 nitrogen and oxygen atoms in total. The van der Waals surface area contributed by atoms with E-state index >= 15 is 0 Å². The van der Waals surface area contributed by atoms with E-state index in [-0.39, 0.29) is 12.5 Å². The molecule has 0 saturated carbocycles. The minimum Gasteiger partial charge on any atom is -0.350 e. The van der Waals surface area contributed by atoms with Gasteiger partial charge in [0.25, 0.3) is 0 Å².